The monoisotopic (exact) mass is 265 g/mol. The molecule has 1 fully saturated rings. The Balaban J connectivity index is 2.14. The molecule has 0 radical (unpaired) electrons. The third-order valence-electron chi connectivity index (χ3n) is 3.11. The third-order valence-corrected chi connectivity index (χ3v) is 3.11. The number of hydrogen-bond donors (Lipinski definition) is 2. The highest BCUT2D eigenvalue weighted by atomic mass is 16.5. The van der Waals surface area contributed by atoms with Crippen LogP contribution in [0, 0.1) is 5.41 Å². The predicted molar refractivity (Wildman–Crippen MR) is 75.6 cm³/mol. The molecule has 1 aliphatic carbocycles. The first-order valence-electron chi connectivity index (χ1n) is 6.84. The van der Waals surface area contributed by atoms with Gasteiger partial charge in [-0.05, 0) is 32.6 Å². The van der Waals surface area contributed by atoms with Gasteiger partial charge in [-0.1, -0.05) is 13.8 Å². The largest absolute Gasteiger partial charge is 0.461 e. The summed E-state index contributed by atoms with van der Waals surface area (Å²) in [5.41, 5.74) is 0.323. The van der Waals surface area contributed by atoms with E-state index in [0.717, 1.165) is 13.0 Å². The topological polar surface area (TPSA) is 72.0 Å². The van der Waals surface area contributed by atoms with Gasteiger partial charge in [0.15, 0.2) is 0 Å². The van der Waals surface area contributed by atoms with Gasteiger partial charge in [0.25, 0.3) is 0 Å². The van der Waals surface area contributed by atoms with Crippen molar-refractivity contribution in [3.05, 3.63) is 0 Å². The fourth-order valence-electron chi connectivity index (χ4n) is 1.79. The molecule has 1 aromatic rings. The molecular weight excluding hydrogens is 242 g/mol. The molecular formula is C13H23N5O. The van der Waals surface area contributed by atoms with Crippen molar-refractivity contribution in [2.75, 3.05) is 17.2 Å². The van der Waals surface area contributed by atoms with E-state index in [1.165, 1.54) is 0 Å². The van der Waals surface area contributed by atoms with Crippen molar-refractivity contribution in [3.8, 4) is 6.01 Å². The zero-order valence-corrected chi connectivity index (χ0v) is 12.3. The van der Waals surface area contributed by atoms with Crippen molar-refractivity contribution < 1.29 is 4.74 Å². The Kier molecular flexibility index (Phi) is 3.78. The van der Waals surface area contributed by atoms with E-state index in [4.69, 9.17) is 4.74 Å². The molecule has 1 heterocycles. The summed E-state index contributed by atoms with van der Waals surface area (Å²) in [5.74, 6) is 1.13. The van der Waals surface area contributed by atoms with Crippen LogP contribution in [0.15, 0.2) is 0 Å². The maximum Gasteiger partial charge on any atom is 0.323 e. The van der Waals surface area contributed by atoms with Gasteiger partial charge in [-0.3, -0.25) is 0 Å². The van der Waals surface area contributed by atoms with Crippen LogP contribution >= 0.6 is 0 Å². The van der Waals surface area contributed by atoms with E-state index >= 15 is 0 Å². The number of nitrogens with zero attached hydrogens (tertiary/aromatic N) is 3. The van der Waals surface area contributed by atoms with E-state index in [9.17, 15) is 0 Å². The summed E-state index contributed by atoms with van der Waals surface area (Å²) in [7, 11) is 0. The molecule has 19 heavy (non-hydrogen) atoms. The van der Waals surface area contributed by atoms with Crippen LogP contribution in [0.2, 0.25) is 0 Å². The van der Waals surface area contributed by atoms with Crippen LogP contribution in [0.25, 0.3) is 0 Å². The van der Waals surface area contributed by atoms with Crippen molar-refractivity contribution in [3.63, 3.8) is 0 Å². The molecule has 2 N–H and O–H groups in total. The van der Waals surface area contributed by atoms with Crippen LogP contribution in [-0.2, 0) is 0 Å². The maximum absolute atomic E-state index is 5.55. The molecule has 2 rings (SSSR count). The number of rotatable bonds is 6. The van der Waals surface area contributed by atoms with Gasteiger partial charge in [-0.2, -0.15) is 15.0 Å². The molecule has 0 aromatic carbocycles. The first kappa shape index (κ1) is 13.8. The van der Waals surface area contributed by atoms with Crippen LogP contribution in [0.3, 0.4) is 0 Å². The zero-order chi connectivity index (χ0) is 14.0. The highest BCUT2D eigenvalue weighted by Crippen LogP contribution is 2.46. The van der Waals surface area contributed by atoms with E-state index in [2.05, 4.69) is 39.4 Å². The second-order valence-corrected chi connectivity index (χ2v) is 5.85. The first-order valence-corrected chi connectivity index (χ1v) is 6.84. The lowest BCUT2D eigenvalue weighted by atomic mass is 10.2. The molecule has 1 aromatic heterocycles. The lowest BCUT2D eigenvalue weighted by Crippen LogP contribution is -2.16. The molecule has 0 aliphatic heterocycles. The first-order chi connectivity index (χ1) is 8.90. The van der Waals surface area contributed by atoms with E-state index in [-0.39, 0.29) is 6.10 Å². The van der Waals surface area contributed by atoms with Crippen molar-refractivity contribution in [2.45, 2.75) is 53.2 Å². The minimum atomic E-state index is 0.0436. The normalized spacial score (nSPS) is 20.2. The Morgan fingerprint density at radius 2 is 1.89 bits per heavy atom. The molecule has 0 amide bonds. The lowest BCUT2D eigenvalue weighted by molar-refractivity contribution is 0.222. The quantitative estimate of drug-likeness (QED) is 0.822. The third kappa shape index (κ3) is 3.68. The fraction of sp³-hybridized carbons (Fsp3) is 0.769. The Morgan fingerprint density at radius 1 is 1.26 bits per heavy atom. The molecule has 0 spiro atoms. The van der Waals surface area contributed by atoms with Crippen molar-refractivity contribution in [1.29, 1.82) is 0 Å². The van der Waals surface area contributed by atoms with Gasteiger partial charge in [0.05, 0.1) is 6.10 Å². The highest BCUT2D eigenvalue weighted by Gasteiger charge is 2.46. The van der Waals surface area contributed by atoms with Gasteiger partial charge in [-0.25, -0.2) is 0 Å². The van der Waals surface area contributed by atoms with Gasteiger partial charge in [0, 0.05) is 12.6 Å². The summed E-state index contributed by atoms with van der Waals surface area (Å²) >= 11 is 0. The van der Waals surface area contributed by atoms with Gasteiger partial charge in [-0.15, -0.1) is 0 Å². The van der Waals surface area contributed by atoms with Gasteiger partial charge in [0.2, 0.25) is 11.9 Å². The van der Waals surface area contributed by atoms with Crippen LogP contribution < -0.4 is 15.4 Å². The minimum absolute atomic E-state index is 0.0436. The predicted octanol–water partition coefficient (Wildman–Crippen LogP) is 2.30. The number of ether oxygens (including phenoxy) is 1. The summed E-state index contributed by atoms with van der Waals surface area (Å²) < 4.78 is 5.55. The smallest absolute Gasteiger partial charge is 0.323 e. The fourth-order valence-corrected chi connectivity index (χ4v) is 1.79. The van der Waals surface area contributed by atoms with E-state index in [1.807, 2.05) is 20.8 Å². The summed E-state index contributed by atoms with van der Waals surface area (Å²) in [4.78, 5) is 12.9. The second-order valence-electron chi connectivity index (χ2n) is 5.85. The minimum Gasteiger partial charge on any atom is -0.461 e. The van der Waals surface area contributed by atoms with Crippen LogP contribution in [0.4, 0.5) is 11.9 Å². The standard InChI is InChI=1S/C13H23N5O/c1-6-14-10-16-11(15-9-7-13(9,4)5)18-12(17-10)19-8(2)3/h8-9H,6-7H2,1-5H3,(H2,14,15,16,17,18). The molecule has 0 saturated heterocycles. The molecule has 1 unspecified atom stereocenters. The maximum atomic E-state index is 5.55. The SMILES string of the molecule is CCNc1nc(NC2CC2(C)C)nc(OC(C)C)n1. The summed E-state index contributed by atoms with van der Waals surface area (Å²) in [6.45, 7) is 11.1. The Hall–Kier alpha value is -1.59. The molecule has 0 bridgehead atoms. The lowest BCUT2D eigenvalue weighted by Gasteiger charge is -2.12. The number of aromatic nitrogens is 3. The molecule has 1 aliphatic rings. The van der Waals surface area contributed by atoms with Crippen LogP contribution in [-0.4, -0.2) is 33.6 Å². The van der Waals surface area contributed by atoms with Crippen LogP contribution in [0.1, 0.15) is 41.0 Å². The van der Waals surface area contributed by atoms with Crippen molar-refractivity contribution >= 4 is 11.9 Å². The number of anilines is 2. The van der Waals surface area contributed by atoms with Crippen molar-refractivity contribution in [1.82, 2.24) is 15.0 Å². The van der Waals surface area contributed by atoms with Gasteiger partial charge < -0.3 is 15.4 Å². The number of hydrogen-bond acceptors (Lipinski definition) is 6. The summed E-state index contributed by atoms with van der Waals surface area (Å²) in [5, 5.41) is 6.43. The molecule has 1 saturated carbocycles. The number of nitrogens with one attached hydrogen (secondary N) is 2. The Morgan fingerprint density at radius 3 is 2.42 bits per heavy atom. The Bertz CT molecular complexity index is 447. The van der Waals surface area contributed by atoms with Gasteiger partial charge >= 0.3 is 6.01 Å². The Labute approximate surface area is 114 Å². The molecule has 6 nitrogen and oxygen atoms in total. The summed E-state index contributed by atoms with van der Waals surface area (Å²) in [6, 6.07) is 0.790. The van der Waals surface area contributed by atoms with Gasteiger partial charge in [0.1, 0.15) is 0 Å². The average molecular weight is 265 g/mol. The second kappa shape index (κ2) is 5.19. The van der Waals surface area contributed by atoms with Crippen molar-refractivity contribution in [2.24, 2.45) is 5.41 Å². The van der Waals surface area contributed by atoms with E-state index in [0.29, 0.717) is 29.4 Å². The zero-order valence-electron chi connectivity index (χ0n) is 12.3. The molecule has 106 valence electrons. The summed E-state index contributed by atoms with van der Waals surface area (Å²) in [6.07, 6.45) is 1.18. The molecule has 6 heteroatoms. The average Bonchev–Trinajstić information content (AvgIpc) is 2.84. The highest BCUT2D eigenvalue weighted by molar-refractivity contribution is 5.38. The van der Waals surface area contributed by atoms with E-state index in [1.54, 1.807) is 0 Å². The van der Waals surface area contributed by atoms with E-state index < -0.39 is 0 Å². The molecule has 1 atom stereocenters. The van der Waals surface area contributed by atoms with Crippen LogP contribution in [0.5, 0.6) is 6.01 Å².